The minimum absolute atomic E-state index is 0.213. The molecule has 4 heteroatoms. The Labute approximate surface area is 128 Å². The molecule has 0 aromatic carbocycles. The molecular weight excluding hydrogens is 262 g/mol. The average molecular weight is 291 g/mol. The van der Waals surface area contributed by atoms with Gasteiger partial charge in [0.2, 0.25) is 0 Å². The predicted molar refractivity (Wildman–Crippen MR) is 86.1 cm³/mol. The van der Waals surface area contributed by atoms with E-state index in [0.717, 1.165) is 32.1 Å². The van der Waals surface area contributed by atoms with Gasteiger partial charge in [-0.1, -0.05) is 6.07 Å². The number of hydrogen-bond donors (Lipinski definition) is 1. The number of pyridine rings is 1. The number of aliphatic hydroxyl groups is 1. The molecule has 0 spiro atoms. The van der Waals surface area contributed by atoms with Crippen LogP contribution in [0.5, 0.6) is 0 Å². The van der Waals surface area contributed by atoms with Crippen molar-refractivity contribution in [2.24, 2.45) is 5.92 Å². The second-order valence-electron chi connectivity index (χ2n) is 6.49. The summed E-state index contributed by atoms with van der Waals surface area (Å²) in [6.07, 6.45) is 6.04. The molecule has 1 aromatic rings. The summed E-state index contributed by atoms with van der Waals surface area (Å²) in [6.45, 7) is 8.30. The Balaban J connectivity index is 1.78. The fourth-order valence-corrected chi connectivity index (χ4v) is 3.17. The van der Waals surface area contributed by atoms with Crippen LogP contribution in [0.4, 0.5) is 0 Å². The highest BCUT2D eigenvalue weighted by Crippen LogP contribution is 2.23. The lowest BCUT2D eigenvalue weighted by atomic mass is 9.95. The van der Waals surface area contributed by atoms with Gasteiger partial charge in [0, 0.05) is 31.5 Å². The number of β-amino-alcohol motifs (C(OH)–C–C–N with tert-alkyl or cyclic N) is 1. The molecule has 1 aromatic heterocycles. The summed E-state index contributed by atoms with van der Waals surface area (Å²) in [6, 6.07) is 4.57. The third-order valence-electron chi connectivity index (χ3n) is 4.60. The van der Waals surface area contributed by atoms with Crippen LogP contribution < -0.4 is 0 Å². The Morgan fingerprint density at radius 2 is 2.10 bits per heavy atom. The number of rotatable bonds is 6. The monoisotopic (exact) mass is 291 g/mol. The van der Waals surface area contributed by atoms with Crippen LogP contribution in [0.15, 0.2) is 24.5 Å². The number of piperidine rings is 1. The topological polar surface area (TPSA) is 39.6 Å². The molecule has 2 rings (SSSR count). The summed E-state index contributed by atoms with van der Waals surface area (Å²) < 4.78 is 0. The summed E-state index contributed by atoms with van der Waals surface area (Å²) >= 11 is 0. The van der Waals surface area contributed by atoms with E-state index in [4.69, 9.17) is 0 Å². The van der Waals surface area contributed by atoms with Gasteiger partial charge < -0.3 is 10.0 Å². The van der Waals surface area contributed by atoms with Gasteiger partial charge in [0.1, 0.15) is 0 Å². The first-order valence-corrected chi connectivity index (χ1v) is 8.07. The predicted octanol–water partition coefficient (Wildman–Crippen LogP) is 2.17. The van der Waals surface area contributed by atoms with E-state index in [-0.39, 0.29) is 6.10 Å². The number of nitrogens with zero attached hydrogens (tertiary/aromatic N) is 3. The highest BCUT2D eigenvalue weighted by molar-refractivity contribution is 5.12. The second kappa shape index (κ2) is 7.87. The lowest BCUT2D eigenvalue weighted by molar-refractivity contribution is 0.0886. The van der Waals surface area contributed by atoms with Crippen molar-refractivity contribution in [2.45, 2.75) is 38.8 Å². The molecule has 1 aliphatic heterocycles. The Morgan fingerprint density at radius 3 is 2.67 bits per heavy atom. The van der Waals surface area contributed by atoms with Gasteiger partial charge in [-0.05, 0) is 64.4 Å². The minimum atomic E-state index is -0.213. The van der Waals surface area contributed by atoms with Crippen molar-refractivity contribution in [1.82, 2.24) is 14.8 Å². The maximum Gasteiger partial charge on any atom is 0.0639 e. The molecule has 0 amide bonds. The summed E-state index contributed by atoms with van der Waals surface area (Å²) in [5, 5.41) is 9.46. The molecular formula is C17H29N3O. The highest BCUT2D eigenvalue weighted by atomic mass is 16.3. The maximum absolute atomic E-state index is 9.46. The quantitative estimate of drug-likeness (QED) is 0.872. The molecule has 0 radical (unpaired) electrons. The smallest absolute Gasteiger partial charge is 0.0639 e. The van der Waals surface area contributed by atoms with E-state index in [2.05, 4.69) is 34.8 Å². The van der Waals surface area contributed by atoms with Crippen LogP contribution in [0.1, 0.15) is 38.3 Å². The van der Waals surface area contributed by atoms with Crippen molar-refractivity contribution in [3.8, 4) is 0 Å². The molecule has 0 unspecified atom stereocenters. The molecule has 4 nitrogen and oxygen atoms in total. The normalized spacial score (nSPS) is 20.6. The summed E-state index contributed by atoms with van der Waals surface area (Å²) in [5.74, 6) is 0.763. The molecule has 0 bridgehead atoms. The fraction of sp³-hybridized carbons (Fsp3) is 0.706. The largest absolute Gasteiger partial charge is 0.392 e. The zero-order chi connectivity index (χ0) is 15.2. The van der Waals surface area contributed by atoms with Gasteiger partial charge in [0.15, 0.2) is 0 Å². The SMILES string of the molecule is C[C@H](O)CN1CCC(CN(C)[C@H](C)c2cccnc2)CC1. The van der Waals surface area contributed by atoms with Crippen LogP contribution in [0.25, 0.3) is 0 Å². The van der Waals surface area contributed by atoms with E-state index in [1.807, 2.05) is 25.4 Å². The third-order valence-corrected chi connectivity index (χ3v) is 4.60. The summed E-state index contributed by atoms with van der Waals surface area (Å²) in [7, 11) is 2.21. The first kappa shape index (κ1) is 16.4. The van der Waals surface area contributed by atoms with Gasteiger partial charge in [-0.25, -0.2) is 0 Å². The van der Waals surface area contributed by atoms with Gasteiger partial charge in [-0.3, -0.25) is 9.88 Å². The number of hydrogen-bond acceptors (Lipinski definition) is 4. The van der Waals surface area contributed by atoms with Crippen LogP contribution in [-0.4, -0.2) is 59.2 Å². The molecule has 1 N–H and O–H groups in total. The molecule has 21 heavy (non-hydrogen) atoms. The van der Waals surface area contributed by atoms with Crippen molar-refractivity contribution in [1.29, 1.82) is 0 Å². The summed E-state index contributed by atoms with van der Waals surface area (Å²) in [4.78, 5) is 9.03. The van der Waals surface area contributed by atoms with E-state index in [1.165, 1.54) is 18.4 Å². The average Bonchev–Trinajstić information content (AvgIpc) is 2.49. The van der Waals surface area contributed by atoms with Crippen molar-refractivity contribution in [3.63, 3.8) is 0 Å². The van der Waals surface area contributed by atoms with Crippen molar-refractivity contribution < 1.29 is 5.11 Å². The fourth-order valence-electron chi connectivity index (χ4n) is 3.17. The van der Waals surface area contributed by atoms with Crippen molar-refractivity contribution in [3.05, 3.63) is 30.1 Å². The lowest BCUT2D eigenvalue weighted by Crippen LogP contribution is -2.41. The van der Waals surface area contributed by atoms with Gasteiger partial charge in [0.05, 0.1) is 6.10 Å². The van der Waals surface area contributed by atoms with Crippen LogP contribution in [0.2, 0.25) is 0 Å². The second-order valence-corrected chi connectivity index (χ2v) is 6.49. The molecule has 118 valence electrons. The molecule has 2 heterocycles. The Morgan fingerprint density at radius 1 is 1.38 bits per heavy atom. The highest BCUT2D eigenvalue weighted by Gasteiger charge is 2.22. The van der Waals surface area contributed by atoms with Crippen molar-refractivity contribution in [2.75, 3.05) is 33.2 Å². The molecule has 1 fully saturated rings. The standard InChI is InChI=1S/C17H29N3O/c1-14(21)12-20-9-6-16(7-10-20)13-19(3)15(2)17-5-4-8-18-11-17/h4-5,8,11,14-16,21H,6-7,9-10,12-13H2,1-3H3/t14-,15+/m0/s1. The van der Waals surface area contributed by atoms with E-state index in [0.29, 0.717) is 6.04 Å². The summed E-state index contributed by atoms with van der Waals surface area (Å²) in [5.41, 5.74) is 1.28. The van der Waals surface area contributed by atoms with Gasteiger partial charge in [-0.15, -0.1) is 0 Å². The zero-order valence-corrected chi connectivity index (χ0v) is 13.6. The van der Waals surface area contributed by atoms with E-state index in [9.17, 15) is 5.11 Å². The van der Waals surface area contributed by atoms with Gasteiger partial charge in [0.25, 0.3) is 0 Å². The Hall–Kier alpha value is -0.970. The Kier molecular flexibility index (Phi) is 6.15. The van der Waals surface area contributed by atoms with Crippen LogP contribution >= 0.6 is 0 Å². The first-order chi connectivity index (χ1) is 10.1. The van der Waals surface area contributed by atoms with Crippen LogP contribution in [0.3, 0.4) is 0 Å². The molecule has 1 saturated heterocycles. The van der Waals surface area contributed by atoms with Crippen molar-refractivity contribution >= 4 is 0 Å². The van der Waals surface area contributed by atoms with Gasteiger partial charge in [-0.2, -0.15) is 0 Å². The number of aromatic nitrogens is 1. The van der Waals surface area contributed by atoms with Gasteiger partial charge >= 0.3 is 0 Å². The number of likely N-dealkylation sites (tertiary alicyclic amines) is 1. The molecule has 0 aliphatic carbocycles. The zero-order valence-electron chi connectivity index (χ0n) is 13.6. The molecule has 0 saturated carbocycles. The van der Waals surface area contributed by atoms with E-state index >= 15 is 0 Å². The Bertz CT molecular complexity index is 402. The number of aliphatic hydroxyl groups excluding tert-OH is 1. The van der Waals surface area contributed by atoms with Crippen LogP contribution in [0, 0.1) is 5.92 Å². The minimum Gasteiger partial charge on any atom is -0.392 e. The van der Waals surface area contributed by atoms with Crippen LogP contribution in [-0.2, 0) is 0 Å². The first-order valence-electron chi connectivity index (χ1n) is 8.07. The molecule has 1 aliphatic rings. The maximum atomic E-state index is 9.46. The van der Waals surface area contributed by atoms with E-state index < -0.39 is 0 Å². The lowest BCUT2D eigenvalue weighted by Gasteiger charge is -2.36. The third kappa shape index (κ3) is 5.06. The van der Waals surface area contributed by atoms with E-state index in [1.54, 1.807) is 0 Å². The molecule has 2 atom stereocenters.